The standard InChI is InChI=1S/C48H52N2O19/c1-23-24(2)41(56)67-38-36(66-43(58)30-17-18-32(55)50(9)20-30)40(65-28(6)54)47(22-61-25(3)51)39(68-42(57)29-14-11-10-12-15-29)35(63-26(4)52)33-37(64-27(5)53)48(47,46(38,8)60)69-45(33,7)21-62-44(59)31-16-13-19-49-34(23)31/h10-20,23-24,33,35-40,60H,21-22H2,1-9H3/t23?,24-,33-,35?,36?,37-,38+,39?,40?,45?,46+,47?,48+/m1/s1. The molecule has 4 heterocycles. The fourth-order valence-electron chi connectivity index (χ4n) is 10.5. The molecular formula is C48H52N2O19. The third-order valence-corrected chi connectivity index (χ3v) is 13.6. The summed E-state index contributed by atoms with van der Waals surface area (Å²) in [4.78, 5) is 129. The van der Waals surface area contributed by atoms with Crippen LogP contribution in [0.3, 0.4) is 0 Å². The summed E-state index contributed by atoms with van der Waals surface area (Å²) in [5, 5.41) is 13.9. The van der Waals surface area contributed by atoms with E-state index < -0.39 is 143 Å². The molecule has 0 radical (unpaired) electrons. The van der Waals surface area contributed by atoms with Crippen molar-refractivity contribution in [1.29, 1.82) is 0 Å². The average molecular weight is 961 g/mol. The smallest absolute Gasteiger partial charge is 0.340 e. The molecule has 13 atom stereocenters. The molecule has 3 fully saturated rings. The molecule has 21 nitrogen and oxygen atoms in total. The molecule has 2 aliphatic carbocycles. The number of benzene rings is 1. The molecule has 2 aliphatic heterocycles. The Morgan fingerprint density at radius 3 is 1.99 bits per heavy atom. The first-order valence-corrected chi connectivity index (χ1v) is 22.0. The Balaban J connectivity index is 1.65. The largest absolute Gasteiger partial charge is 0.465 e. The van der Waals surface area contributed by atoms with E-state index in [1.165, 1.54) is 63.5 Å². The molecule has 1 saturated heterocycles. The van der Waals surface area contributed by atoms with Crippen LogP contribution in [0.25, 0.3) is 0 Å². The van der Waals surface area contributed by atoms with Crippen LogP contribution in [0.1, 0.15) is 98.1 Å². The summed E-state index contributed by atoms with van der Waals surface area (Å²) >= 11 is 0. The van der Waals surface area contributed by atoms with Gasteiger partial charge in [0.25, 0.3) is 0 Å². The third kappa shape index (κ3) is 8.40. The van der Waals surface area contributed by atoms with Crippen LogP contribution in [0.4, 0.5) is 0 Å². The Bertz CT molecular complexity index is 2650. The van der Waals surface area contributed by atoms with E-state index in [-0.39, 0.29) is 22.4 Å². The van der Waals surface area contributed by atoms with Crippen LogP contribution in [0, 0.1) is 17.3 Å². The van der Waals surface area contributed by atoms with Gasteiger partial charge in [0, 0.05) is 59.1 Å². The summed E-state index contributed by atoms with van der Waals surface area (Å²) in [5.41, 5.74) is -11.7. The number of fused-ring (bicyclic) bond motifs is 5. The van der Waals surface area contributed by atoms with Crippen molar-refractivity contribution in [2.24, 2.45) is 24.3 Å². The zero-order chi connectivity index (χ0) is 50.5. The van der Waals surface area contributed by atoms with Gasteiger partial charge >= 0.3 is 47.8 Å². The van der Waals surface area contributed by atoms with Crippen molar-refractivity contribution in [3.63, 3.8) is 0 Å². The number of nitrogens with zero attached hydrogens (tertiary/aromatic N) is 2. The Morgan fingerprint density at radius 1 is 0.739 bits per heavy atom. The lowest BCUT2D eigenvalue weighted by Gasteiger charge is -2.67. The molecule has 4 aliphatic rings. The number of aliphatic hydroxyl groups is 1. The first-order valence-electron chi connectivity index (χ1n) is 22.0. The number of hydrogen-bond donors (Lipinski definition) is 1. The van der Waals surface area contributed by atoms with E-state index >= 15 is 0 Å². The number of carbonyl (C=O) groups is 8. The maximum atomic E-state index is 14.8. The van der Waals surface area contributed by atoms with Gasteiger partial charge in [0.15, 0.2) is 30.0 Å². The van der Waals surface area contributed by atoms with E-state index in [0.717, 1.165) is 57.5 Å². The van der Waals surface area contributed by atoms with Crippen molar-refractivity contribution in [3.8, 4) is 0 Å². The highest BCUT2D eigenvalue weighted by molar-refractivity contribution is 5.92. The van der Waals surface area contributed by atoms with Gasteiger partial charge in [0.1, 0.15) is 42.0 Å². The summed E-state index contributed by atoms with van der Waals surface area (Å²) in [5.74, 6) is -12.5. The number of carbonyl (C=O) groups excluding carboxylic acids is 8. The average Bonchev–Trinajstić information content (AvgIpc) is 3.51. The molecule has 7 unspecified atom stereocenters. The molecule has 1 N–H and O–H groups in total. The number of pyridine rings is 2. The highest BCUT2D eigenvalue weighted by Gasteiger charge is 2.92. The molecule has 368 valence electrons. The number of esters is 8. The van der Waals surface area contributed by atoms with Gasteiger partial charge < -0.3 is 52.3 Å². The fourth-order valence-corrected chi connectivity index (χ4v) is 10.5. The zero-order valence-corrected chi connectivity index (χ0v) is 39.2. The number of aromatic nitrogens is 2. The minimum Gasteiger partial charge on any atom is -0.465 e. The van der Waals surface area contributed by atoms with Gasteiger partial charge in [-0.25, -0.2) is 14.4 Å². The highest BCUT2D eigenvalue weighted by atomic mass is 16.7. The van der Waals surface area contributed by atoms with Crippen molar-refractivity contribution in [3.05, 3.63) is 99.7 Å². The topological polar surface area (TPSA) is 275 Å². The van der Waals surface area contributed by atoms with Crippen molar-refractivity contribution >= 4 is 47.8 Å². The normalized spacial score (nSPS) is 33.5. The molecule has 2 saturated carbocycles. The van der Waals surface area contributed by atoms with E-state index in [0.29, 0.717) is 0 Å². The molecule has 0 amide bonds. The maximum absolute atomic E-state index is 14.8. The number of cyclic esters (lactones) is 1. The predicted octanol–water partition coefficient (Wildman–Crippen LogP) is 2.32. The molecule has 1 spiro atoms. The number of hydrogen-bond acceptors (Lipinski definition) is 20. The maximum Gasteiger partial charge on any atom is 0.340 e. The van der Waals surface area contributed by atoms with Gasteiger partial charge in [0.05, 0.1) is 34.2 Å². The van der Waals surface area contributed by atoms with Crippen LogP contribution in [0.5, 0.6) is 0 Å². The lowest BCUT2D eigenvalue weighted by atomic mass is 9.45. The highest BCUT2D eigenvalue weighted by Crippen LogP contribution is 2.70. The summed E-state index contributed by atoms with van der Waals surface area (Å²) in [7, 11) is 1.35. The quantitative estimate of drug-likeness (QED) is 0.238. The van der Waals surface area contributed by atoms with Crippen LogP contribution in [0.15, 0.2) is 71.8 Å². The molecule has 69 heavy (non-hydrogen) atoms. The van der Waals surface area contributed by atoms with Gasteiger partial charge in [-0.05, 0) is 44.2 Å². The SMILES string of the molecule is CC(=O)OCC12C(OC(=O)c3ccccc3)C(OC(C)=O)[C@@H]3[C@@H](OC(C)=O)[C@@]14OC3(C)COC(=O)c1cccnc1C(C)[C@@H](C)C(=O)O[C@@H](C(OC(=O)c1ccc(=O)n(C)c1)C2OC(C)=O)[C@]4(C)O. The second-order valence-electron chi connectivity index (χ2n) is 18.2. The zero-order valence-electron chi connectivity index (χ0n) is 39.2. The van der Waals surface area contributed by atoms with Gasteiger partial charge in [-0.3, -0.25) is 33.8 Å². The minimum atomic E-state index is -2.98. The molecule has 3 aromatic rings. The van der Waals surface area contributed by atoms with Gasteiger partial charge in [-0.2, -0.15) is 0 Å². The van der Waals surface area contributed by atoms with E-state index in [4.69, 9.17) is 42.6 Å². The summed E-state index contributed by atoms with van der Waals surface area (Å²) in [6, 6.07) is 12.4. The molecule has 1 aromatic carbocycles. The first-order chi connectivity index (χ1) is 32.4. The molecule has 4 bridgehead atoms. The van der Waals surface area contributed by atoms with Crippen molar-refractivity contribution in [2.75, 3.05) is 13.2 Å². The molecule has 7 rings (SSSR count). The third-order valence-electron chi connectivity index (χ3n) is 13.6. The molecular weight excluding hydrogens is 909 g/mol. The number of ether oxygens (including phenoxy) is 9. The van der Waals surface area contributed by atoms with Crippen LogP contribution < -0.4 is 5.56 Å². The van der Waals surface area contributed by atoms with Gasteiger partial charge in [-0.15, -0.1) is 0 Å². The van der Waals surface area contributed by atoms with Crippen LogP contribution in [-0.4, -0.2) is 129 Å². The molecule has 2 aromatic heterocycles. The summed E-state index contributed by atoms with van der Waals surface area (Å²) in [6.45, 7) is 7.40. The van der Waals surface area contributed by atoms with Crippen molar-refractivity contribution < 1.29 is 86.1 Å². The first kappa shape index (κ1) is 49.9. The predicted molar refractivity (Wildman–Crippen MR) is 231 cm³/mol. The minimum absolute atomic E-state index is 0.0810. The Kier molecular flexibility index (Phi) is 13.4. The summed E-state index contributed by atoms with van der Waals surface area (Å²) < 4.78 is 57.5. The fraction of sp³-hybridized carbons (Fsp3) is 0.500. The van der Waals surface area contributed by atoms with E-state index in [9.17, 15) is 48.3 Å². The Hall–Kier alpha value is -7.00. The van der Waals surface area contributed by atoms with Crippen molar-refractivity contribution in [2.45, 2.75) is 115 Å². The monoisotopic (exact) mass is 960 g/mol. The van der Waals surface area contributed by atoms with Crippen LogP contribution >= 0.6 is 0 Å². The Labute approximate surface area is 394 Å². The van der Waals surface area contributed by atoms with Gasteiger partial charge in [0.2, 0.25) is 5.56 Å². The Morgan fingerprint density at radius 2 is 1.36 bits per heavy atom. The van der Waals surface area contributed by atoms with Gasteiger partial charge in [-0.1, -0.05) is 32.0 Å². The molecule has 21 heteroatoms. The van der Waals surface area contributed by atoms with Crippen LogP contribution in [0.2, 0.25) is 0 Å². The lowest BCUT2D eigenvalue weighted by molar-refractivity contribution is -0.385. The van der Waals surface area contributed by atoms with E-state index in [2.05, 4.69) is 4.98 Å². The van der Waals surface area contributed by atoms with Crippen LogP contribution in [-0.2, 0) is 73.7 Å². The lowest BCUT2D eigenvalue weighted by Crippen LogP contribution is -2.89. The second kappa shape index (κ2) is 18.5. The summed E-state index contributed by atoms with van der Waals surface area (Å²) in [6.07, 6.45) is -10.4. The second-order valence-corrected chi connectivity index (χ2v) is 18.2. The number of rotatable bonds is 9. The van der Waals surface area contributed by atoms with E-state index in [1.807, 2.05) is 0 Å². The van der Waals surface area contributed by atoms with E-state index in [1.54, 1.807) is 13.0 Å². The number of aryl methyl sites for hydroxylation is 1. The van der Waals surface area contributed by atoms with Crippen molar-refractivity contribution in [1.82, 2.24) is 9.55 Å².